The van der Waals surface area contributed by atoms with Gasteiger partial charge in [0, 0.05) is 39.0 Å². The average Bonchev–Trinajstić information content (AvgIpc) is 3.20. The van der Waals surface area contributed by atoms with E-state index in [4.69, 9.17) is 11.5 Å². The van der Waals surface area contributed by atoms with Crippen LogP contribution >= 0.6 is 0 Å². The van der Waals surface area contributed by atoms with Gasteiger partial charge in [0.1, 0.15) is 0 Å². The average molecular weight is 788 g/mol. The van der Waals surface area contributed by atoms with Crippen LogP contribution in [0.1, 0.15) is 226 Å². The summed E-state index contributed by atoms with van der Waals surface area (Å²) >= 11 is 0. The largest absolute Gasteiger partial charge is 0.343 e. The standard InChI is InChI=1S/C49H97N5O2/c1-3-5-7-9-11-13-15-17-19-21-23-25-27-29-31-38-48(55)53(45-35-40-50)44-34-33-42-52-43-37-47-54(46-36-41-51)49(56)39-32-30-28-26-24-22-20-18-16-14-12-10-8-6-4-2/h17-20,52H,3-16,21-47,50-51H2,1-2H3. The maximum absolute atomic E-state index is 13.0. The predicted octanol–water partition coefficient (Wildman–Crippen LogP) is 12.2. The van der Waals surface area contributed by atoms with Crippen LogP contribution in [0.15, 0.2) is 24.3 Å². The molecule has 7 nitrogen and oxygen atoms in total. The van der Waals surface area contributed by atoms with Crippen LogP contribution in [0, 0.1) is 0 Å². The number of rotatable bonds is 45. The number of nitrogens with zero attached hydrogens (tertiary/aromatic N) is 2. The van der Waals surface area contributed by atoms with Crippen LogP contribution in [0.5, 0.6) is 0 Å². The monoisotopic (exact) mass is 788 g/mol. The molecule has 0 bridgehead atoms. The van der Waals surface area contributed by atoms with Gasteiger partial charge in [-0.2, -0.15) is 0 Å². The highest BCUT2D eigenvalue weighted by atomic mass is 16.2. The summed E-state index contributed by atoms with van der Waals surface area (Å²) < 4.78 is 0. The van der Waals surface area contributed by atoms with Gasteiger partial charge in [0.25, 0.3) is 0 Å². The van der Waals surface area contributed by atoms with Crippen molar-refractivity contribution in [3.63, 3.8) is 0 Å². The van der Waals surface area contributed by atoms with Crippen molar-refractivity contribution in [2.75, 3.05) is 52.4 Å². The summed E-state index contributed by atoms with van der Waals surface area (Å²) in [4.78, 5) is 30.1. The van der Waals surface area contributed by atoms with Crippen molar-refractivity contribution in [2.45, 2.75) is 226 Å². The third-order valence-corrected chi connectivity index (χ3v) is 11.1. The maximum atomic E-state index is 13.0. The number of carbonyl (C=O) groups is 2. The Hall–Kier alpha value is -1.70. The van der Waals surface area contributed by atoms with Crippen molar-refractivity contribution in [3.8, 4) is 0 Å². The van der Waals surface area contributed by atoms with Crippen LogP contribution in [0.25, 0.3) is 0 Å². The highest BCUT2D eigenvalue weighted by molar-refractivity contribution is 5.76. The minimum Gasteiger partial charge on any atom is -0.343 e. The van der Waals surface area contributed by atoms with Crippen molar-refractivity contribution in [1.82, 2.24) is 15.1 Å². The second-order valence-corrected chi connectivity index (χ2v) is 16.5. The van der Waals surface area contributed by atoms with E-state index in [1.807, 2.05) is 4.90 Å². The second kappa shape index (κ2) is 46.0. The van der Waals surface area contributed by atoms with E-state index in [2.05, 4.69) is 48.4 Å². The lowest BCUT2D eigenvalue weighted by molar-refractivity contribution is -0.132. The van der Waals surface area contributed by atoms with Gasteiger partial charge < -0.3 is 26.6 Å². The minimum absolute atomic E-state index is 0.292. The minimum atomic E-state index is 0.292. The van der Waals surface area contributed by atoms with E-state index in [-0.39, 0.29) is 0 Å². The molecule has 0 spiro atoms. The first-order valence-electron chi connectivity index (χ1n) is 24.6. The molecule has 0 saturated carbocycles. The Labute approximate surface area is 349 Å². The Balaban J connectivity index is 3.99. The second-order valence-electron chi connectivity index (χ2n) is 16.5. The molecule has 0 saturated heterocycles. The number of hydrogen-bond acceptors (Lipinski definition) is 5. The normalized spacial score (nSPS) is 11.7. The van der Waals surface area contributed by atoms with Gasteiger partial charge in [-0.1, -0.05) is 141 Å². The SMILES string of the molecule is CCCCCCCCC=CCCCCCCCC(=O)N(CCCN)CCCCNCCCN(CCCN)C(=O)CCCCCCCC=CCCCCCCCC. The van der Waals surface area contributed by atoms with Crippen LogP contribution in [0.4, 0.5) is 0 Å². The summed E-state index contributed by atoms with van der Waals surface area (Å²) in [5.41, 5.74) is 11.6. The lowest BCUT2D eigenvalue weighted by Crippen LogP contribution is -2.35. The molecule has 0 heterocycles. The smallest absolute Gasteiger partial charge is 0.222 e. The molecular weight excluding hydrogens is 691 g/mol. The number of nitrogens with two attached hydrogens (primary N) is 2. The van der Waals surface area contributed by atoms with E-state index >= 15 is 0 Å². The molecule has 7 heteroatoms. The molecule has 56 heavy (non-hydrogen) atoms. The first-order valence-corrected chi connectivity index (χ1v) is 24.6. The highest BCUT2D eigenvalue weighted by Gasteiger charge is 2.14. The van der Waals surface area contributed by atoms with Gasteiger partial charge in [-0.3, -0.25) is 9.59 Å². The zero-order valence-electron chi connectivity index (χ0n) is 37.7. The predicted molar refractivity (Wildman–Crippen MR) is 246 cm³/mol. The van der Waals surface area contributed by atoms with Crippen LogP contribution in [-0.4, -0.2) is 74.0 Å². The molecule has 330 valence electrons. The van der Waals surface area contributed by atoms with E-state index in [0.29, 0.717) is 37.7 Å². The molecule has 0 aromatic rings. The van der Waals surface area contributed by atoms with E-state index < -0.39 is 0 Å². The van der Waals surface area contributed by atoms with Gasteiger partial charge >= 0.3 is 0 Å². The zero-order valence-corrected chi connectivity index (χ0v) is 37.7. The topological polar surface area (TPSA) is 105 Å². The van der Waals surface area contributed by atoms with Gasteiger partial charge in [-0.25, -0.2) is 0 Å². The maximum Gasteiger partial charge on any atom is 0.222 e. The van der Waals surface area contributed by atoms with Crippen LogP contribution in [0.2, 0.25) is 0 Å². The van der Waals surface area contributed by atoms with E-state index in [1.165, 1.54) is 141 Å². The van der Waals surface area contributed by atoms with E-state index in [9.17, 15) is 9.59 Å². The summed E-state index contributed by atoms with van der Waals surface area (Å²) in [6, 6.07) is 0. The number of unbranched alkanes of at least 4 members (excludes halogenated alkanes) is 23. The van der Waals surface area contributed by atoms with Crippen molar-refractivity contribution in [2.24, 2.45) is 11.5 Å². The third kappa shape index (κ3) is 39.1. The van der Waals surface area contributed by atoms with Crippen molar-refractivity contribution in [3.05, 3.63) is 24.3 Å². The molecule has 0 rings (SSSR count). The fraction of sp³-hybridized carbons (Fsp3) is 0.878. The first kappa shape index (κ1) is 54.3. The zero-order chi connectivity index (χ0) is 40.8. The fourth-order valence-electron chi connectivity index (χ4n) is 7.37. The molecule has 0 aromatic heterocycles. The summed E-state index contributed by atoms with van der Waals surface area (Å²) in [6.45, 7) is 10.8. The van der Waals surface area contributed by atoms with Crippen LogP contribution in [0.3, 0.4) is 0 Å². The quantitative estimate of drug-likeness (QED) is 0.0421. The van der Waals surface area contributed by atoms with Crippen molar-refractivity contribution >= 4 is 11.8 Å². The van der Waals surface area contributed by atoms with Gasteiger partial charge in [-0.05, 0) is 122 Å². The Bertz CT molecular complexity index is 809. The molecule has 0 aliphatic heterocycles. The summed E-state index contributed by atoms with van der Waals surface area (Å²) in [5.74, 6) is 0.591. The molecule has 5 N–H and O–H groups in total. The van der Waals surface area contributed by atoms with Gasteiger partial charge in [0.15, 0.2) is 0 Å². The summed E-state index contributed by atoms with van der Waals surface area (Å²) in [5, 5.41) is 3.57. The number of nitrogens with one attached hydrogen (secondary N) is 1. The fourth-order valence-corrected chi connectivity index (χ4v) is 7.37. The molecule has 0 radical (unpaired) electrons. The number of hydrogen-bond donors (Lipinski definition) is 3. The Morgan fingerprint density at radius 2 is 0.714 bits per heavy atom. The molecule has 0 fully saturated rings. The lowest BCUT2D eigenvalue weighted by Gasteiger charge is -2.23. The number of amides is 2. The summed E-state index contributed by atoms with van der Waals surface area (Å²) in [7, 11) is 0. The molecular formula is C49H97N5O2. The Morgan fingerprint density at radius 3 is 1.11 bits per heavy atom. The van der Waals surface area contributed by atoms with Gasteiger partial charge in [0.2, 0.25) is 11.8 Å². The molecule has 0 aliphatic rings. The van der Waals surface area contributed by atoms with Gasteiger partial charge in [0.05, 0.1) is 0 Å². The van der Waals surface area contributed by atoms with E-state index in [1.54, 1.807) is 0 Å². The molecule has 0 atom stereocenters. The van der Waals surface area contributed by atoms with Gasteiger partial charge in [-0.15, -0.1) is 0 Å². The Morgan fingerprint density at radius 1 is 0.393 bits per heavy atom. The third-order valence-electron chi connectivity index (χ3n) is 11.1. The molecule has 0 aliphatic carbocycles. The Kier molecular flexibility index (Phi) is 44.6. The molecule has 2 amide bonds. The van der Waals surface area contributed by atoms with Crippen LogP contribution < -0.4 is 16.8 Å². The molecule has 0 unspecified atom stereocenters. The lowest BCUT2D eigenvalue weighted by atomic mass is 10.1. The molecule has 0 aromatic carbocycles. The van der Waals surface area contributed by atoms with Crippen molar-refractivity contribution in [1.29, 1.82) is 0 Å². The van der Waals surface area contributed by atoms with Crippen molar-refractivity contribution < 1.29 is 9.59 Å². The number of allylic oxidation sites excluding steroid dienone is 4. The van der Waals surface area contributed by atoms with E-state index in [0.717, 1.165) is 97.1 Å². The highest BCUT2D eigenvalue weighted by Crippen LogP contribution is 2.13. The van der Waals surface area contributed by atoms with Crippen LogP contribution in [-0.2, 0) is 9.59 Å². The summed E-state index contributed by atoms with van der Waals surface area (Å²) in [6.07, 6.45) is 48.7. The first-order chi connectivity index (χ1) is 27.6. The number of carbonyl (C=O) groups excluding carboxylic acids is 2.